The molecule has 0 N–H and O–H groups in total. The topological polar surface area (TPSA) is 9.23 Å². The SMILES string of the molecule is FC1=C[C@H](OC(F)(F)C2=C(F)C=C(C3C(F)C[C@H]([C@H]4CC[C@@H](I)CC4F)C[C@@H]3F)CC2F)CC(F)[C@@H]1F. The fourth-order valence-electron chi connectivity index (χ4n) is 6.13. The summed E-state index contributed by atoms with van der Waals surface area (Å²) in [6.07, 6.45) is -19.5. The fraction of sp³-hybridized carbons (Fsp3) is 0.760. The Kier molecular flexibility index (Phi) is 8.97. The van der Waals surface area contributed by atoms with Gasteiger partial charge in [0.2, 0.25) is 0 Å². The molecule has 0 radical (unpaired) electrons. The smallest absolute Gasteiger partial charge is 0.309 e. The molecule has 2 fully saturated rings. The first-order valence-electron chi connectivity index (χ1n) is 12.3. The van der Waals surface area contributed by atoms with E-state index < -0.39 is 97.1 Å². The van der Waals surface area contributed by atoms with Crippen LogP contribution in [0, 0.1) is 17.8 Å². The fourth-order valence-corrected chi connectivity index (χ4v) is 6.98. The standard InChI is InChI=1S/C25H27F10IO/c26-15-7-12(36)1-2-14(15)10-3-16(27)22(17(28)4-10)11-5-18(29)23(19(30)6-11)25(34,35)37-13-8-20(31)24(33)21(32)9-13/h5,8,10,12-17,19,21-22,24H,1-4,6-7,9H2/t10-,12-,13+,14-,15?,16+,17?,19?,21?,22?,24-/m1/s1. The molecule has 2 saturated carbocycles. The van der Waals surface area contributed by atoms with Crippen LogP contribution in [0.5, 0.6) is 0 Å². The Morgan fingerprint density at radius 1 is 0.838 bits per heavy atom. The Morgan fingerprint density at radius 2 is 1.49 bits per heavy atom. The summed E-state index contributed by atoms with van der Waals surface area (Å²) in [4.78, 5) is 0. The maximum atomic E-state index is 15.1. The largest absolute Gasteiger partial charge is 0.385 e. The van der Waals surface area contributed by atoms with E-state index in [1.807, 2.05) is 0 Å². The summed E-state index contributed by atoms with van der Waals surface area (Å²) in [5, 5.41) is 0. The first kappa shape index (κ1) is 29.2. The summed E-state index contributed by atoms with van der Waals surface area (Å²) in [6.45, 7) is 0. The van der Waals surface area contributed by atoms with Gasteiger partial charge >= 0.3 is 6.11 Å². The molecule has 4 aliphatic carbocycles. The molecule has 12 heteroatoms. The van der Waals surface area contributed by atoms with Gasteiger partial charge in [-0.2, -0.15) is 8.78 Å². The summed E-state index contributed by atoms with van der Waals surface area (Å²) in [5.41, 5.74) is -2.12. The van der Waals surface area contributed by atoms with Crippen LogP contribution in [0.25, 0.3) is 0 Å². The molecule has 0 aromatic heterocycles. The molecule has 37 heavy (non-hydrogen) atoms. The van der Waals surface area contributed by atoms with E-state index in [-0.39, 0.29) is 28.4 Å². The summed E-state index contributed by atoms with van der Waals surface area (Å²) in [5.74, 6) is -6.13. The van der Waals surface area contributed by atoms with Gasteiger partial charge < -0.3 is 4.74 Å². The number of hydrogen-bond acceptors (Lipinski definition) is 1. The molecular formula is C25H27F10IO. The lowest BCUT2D eigenvalue weighted by Crippen LogP contribution is -2.44. The van der Waals surface area contributed by atoms with Crippen LogP contribution in [-0.2, 0) is 4.74 Å². The summed E-state index contributed by atoms with van der Waals surface area (Å²) < 4.78 is 148. The van der Waals surface area contributed by atoms with Crippen LogP contribution in [0.1, 0.15) is 44.9 Å². The predicted molar refractivity (Wildman–Crippen MR) is 125 cm³/mol. The molecule has 4 aliphatic rings. The normalized spacial score (nSPS) is 43.9. The lowest BCUT2D eigenvalue weighted by atomic mass is 9.66. The summed E-state index contributed by atoms with van der Waals surface area (Å²) >= 11 is 2.14. The van der Waals surface area contributed by atoms with E-state index in [1.54, 1.807) is 0 Å². The highest BCUT2D eigenvalue weighted by Gasteiger charge is 2.51. The van der Waals surface area contributed by atoms with Gasteiger partial charge in [-0.25, -0.2) is 35.1 Å². The Bertz CT molecular complexity index is 926. The van der Waals surface area contributed by atoms with E-state index in [2.05, 4.69) is 27.3 Å². The third kappa shape index (κ3) is 6.19. The minimum atomic E-state index is -4.66. The van der Waals surface area contributed by atoms with Crippen LogP contribution in [0.4, 0.5) is 43.9 Å². The molecule has 0 aromatic rings. The number of halogens is 11. The van der Waals surface area contributed by atoms with Gasteiger partial charge in [0, 0.05) is 22.7 Å². The quantitative estimate of drug-likeness (QED) is 0.164. The van der Waals surface area contributed by atoms with Crippen molar-refractivity contribution in [2.24, 2.45) is 17.8 Å². The number of alkyl halides is 9. The number of rotatable bonds is 5. The molecule has 0 saturated heterocycles. The Hall–Kier alpha value is -0.790. The molecular weight excluding hydrogens is 633 g/mol. The zero-order valence-corrected chi connectivity index (χ0v) is 21.7. The Labute approximate surface area is 221 Å². The van der Waals surface area contributed by atoms with E-state index >= 15 is 8.78 Å². The molecule has 0 amide bonds. The third-order valence-corrected chi connectivity index (χ3v) is 9.05. The number of ether oxygens (including phenoxy) is 1. The monoisotopic (exact) mass is 660 g/mol. The molecule has 210 valence electrons. The van der Waals surface area contributed by atoms with Crippen LogP contribution in [0.2, 0.25) is 0 Å². The van der Waals surface area contributed by atoms with Crippen LogP contribution < -0.4 is 0 Å². The van der Waals surface area contributed by atoms with Gasteiger partial charge in [0.1, 0.15) is 42.5 Å². The molecule has 0 aromatic carbocycles. The van der Waals surface area contributed by atoms with E-state index in [0.29, 0.717) is 18.9 Å². The first-order chi connectivity index (χ1) is 17.3. The van der Waals surface area contributed by atoms with Gasteiger partial charge in [0.25, 0.3) is 0 Å². The van der Waals surface area contributed by atoms with Gasteiger partial charge in [0.05, 0.1) is 11.7 Å². The van der Waals surface area contributed by atoms with Crippen molar-refractivity contribution >= 4 is 22.6 Å². The molecule has 0 spiro atoms. The lowest BCUT2D eigenvalue weighted by molar-refractivity contribution is -0.236. The van der Waals surface area contributed by atoms with Crippen molar-refractivity contribution in [3.8, 4) is 0 Å². The van der Waals surface area contributed by atoms with Crippen LogP contribution >= 0.6 is 22.6 Å². The van der Waals surface area contributed by atoms with Crippen molar-refractivity contribution in [1.82, 2.24) is 0 Å². The molecule has 11 atom stereocenters. The lowest BCUT2D eigenvalue weighted by Gasteiger charge is -2.42. The summed E-state index contributed by atoms with van der Waals surface area (Å²) in [7, 11) is 0. The highest BCUT2D eigenvalue weighted by atomic mass is 127. The van der Waals surface area contributed by atoms with Crippen molar-refractivity contribution in [2.75, 3.05) is 0 Å². The van der Waals surface area contributed by atoms with Gasteiger partial charge in [-0.15, -0.1) is 0 Å². The zero-order chi connectivity index (χ0) is 27.2. The van der Waals surface area contributed by atoms with Crippen molar-refractivity contribution in [3.63, 3.8) is 0 Å². The van der Waals surface area contributed by atoms with Crippen molar-refractivity contribution < 1.29 is 48.6 Å². The van der Waals surface area contributed by atoms with Gasteiger partial charge in [-0.1, -0.05) is 28.2 Å². The second kappa shape index (κ2) is 11.4. The molecule has 0 aliphatic heterocycles. The zero-order valence-electron chi connectivity index (χ0n) is 19.5. The average Bonchev–Trinajstić information content (AvgIpc) is 2.76. The highest BCUT2D eigenvalue weighted by Crippen LogP contribution is 2.49. The second-order valence-electron chi connectivity index (χ2n) is 10.4. The van der Waals surface area contributed by atoms with E-state index in [0.717, 1.165) is 6.42 Å². The van der Waals surface area contributed by atoms with Crippen molar-refractivity contribution in [2.45, 2.75) is 98.1 Å². The Morgan fingerprint density at radius 3 is 2.05 bits per heavy atom. The summed E-state index contributed by atoms with van der Waals surface area (Å²) in [6, 6.07) is 0. The number of allylic oxidation sites excluding steroid dienone is 4. The molecule has 1 nitrogen and oxygen atoms in total. The van der Waals surface area contributed by atoms with Crippen LogP contribution in [-0.4, -0.2) is 53.2 Å². The van der Waals surface area contributed by atoms with E-state index in [4.69, 9.17) is 0 Å². The third-order valence-electron chi connectivity index (χ3n) is 7.92. The Balaban J connectivity index is 1.49. The minimum Gasteiger partial charge on any atom is -0.309 e. The van der Waals surface area contributed by atoms with E-state index in [9.17, 15) is 35.1 Å². The predicted octanol–water partition coefficient (Wildman–Crippen LogP) is 8.43. The van der Waals surface area contributed by atoms with Gasteiger partial charge in [0.15, 0.2) is 6.17 Å². The average molecular weight is 660 g/mol. The van der Waals surface area contributed by atoms with E-state index in [1.165, 1.54) is 0 Å². The van der Waals surface area contributed by atoms with Crippen molar-refractivity contribution in [3.05, 3.63) is 35.0 Å². The molecule has 0 heterocycles. The molecule has 0 bridgehead atoms. The minimum absolute atomic E-state index is 0.148. The van der Waals surface area contributed by atoms with Gasteiger partial charge in [-0.05, 0) is 56.1 Å². The highest BCUT2D eigenvalue weighted by molar-refractivity contribution is 14.1. The molecule has 5 unspecified atom stereocenters. The first-order valence-corrected chi connectivity index (χ1v) is 13.5. The number of hydrogen-bond donors (Lipinski definition) is 0. The van der Waals surface area contributed by atoms with Crippen LogP contribution in [0.3, 0.4) is 0 Å². The maximum absolute atomic E-state index is 15.1. The maximum Gasteiger partial charge on any atom is 0.385 e. The van der Waals surface area contributed by atoms with Crippen LogP contribution in [0.15, 0.2) is 35.0 Å². The van der Waals surface area contributed by atoms with Crippen molar-refractivity contribution in [1.29, 1.82) is 0 Å². The van der Waals surface area contributed by atoms with Gasteiger partial charge in [-0.3, -0.25) is 0 Å². The molecule has 4 rings (SSSR count). The second-order valence-corrected chi connectivity index (χ2v) is 12.2.